The van der Waals surface area contributed by atoms with E-state index in [4.69, 9.17) is 0 Å². The second kappa shape index (κ2) is 9.82. The molecule has 0 aliphatic carbocycles. The molecule has 4 nitrogen and oxygen atoms in total. The van der Waals surface area contributed by atoms with Crippen LogP contribution in [-0.4, -0.2) is 34.1 Å². The largest absolute Gasteiger partial charge is 0.327 e. The minimum absolute atomic E-state index is 0.0780. The zero-order valence-corrected chi connectivity index (χ0v) is 18.9. The molecule has 1 saturated heterocycles. The maximum atomic E-state index is 13.5. The molecule has 0 unspecified atom stereocenters. The fraction of sp³-hybridized carbons (Fsp3) is 0.321. The molecule has 1 aliphatic heterocycles. The first-order chi connectivity index (χ1) is 16.6. The number of likely N-dealkylation sites (tertiary alicyclic amines) is 1. The molecule has 3 aromatic carbocycles. The van der Waals surface area contributed by atoms with Crippen molar-refractivity contribution in [3.63, 3.8) is 0 Å². The molecule has 174 valence electrons. The highest BCUT2D eigenvalue weighted by Gasteiger charge is 2.24. The van der Waals surface area contributed by atoms with Crippen LogP contribution in [0.3, 0.4) is 0 Å². The van der Waals surface area contributed by atoms with Crippen LogP contribution in [0.2, 0.25) is 0 Å². The molecule has 4 aromatic rings. The van der Waals surface area contributed by atoms with Gasteiger partial charge in [0.05, 0.1) is 5.52 Å². The molecule has 6 heteroatoms. The highest BCUT2D eigenvalue weighted by atomic mass is 19.1. The maximum absolute atomic E-state index is 13.5. The third kappa shape index (κ3) is 4.76. The van der Waals surface area contributed by atoms with E-state index in [0.29, 0.717) is 5.52 Å². The van der Waals surface area contributed by atoms with Crippen molar-refractivity contribution in [1.82, 2.24) is 14.5 Å². The monoisotopic (exact) mass is 459 g/mol. The molecule has 1 fully saturated rings. The van der Waals surface area contributed by atoms with Crippen LogP contribution in [0.4, 0.5) is 8.78 Å². The zero-order chi connectivity index (χ0) is 23.5. The molecule has 34 heavy (non-hydrogen) atoms. The number of piperidine rings is 1. The summed E-state index contributed by atoms with van der Waals surface area (Å²) in [5.41, 5.74) is 3.61. The van der Waals surface area contributed by atoms with Crippen LogP contribution in [0.1, 0.15) is 48.8 Å². The van der Waals surface area contributed by atoms with E-state index in [-0.39, 0.29) is 29.3 Å². The maximum Gasteiger partial charge on any atom is 0.327 e. The number of nitrogens with zero attached hydrogens (tertiary/aromatic N) is 2. The Morgan fingerprint density at radius 2 is 1.56 bits per heavy atom. The second-order valence-electron chi connectivity index (χ2n) is 9.03. The Labute approximate surface area is 197 Å². The van der Waals surface area contributed by atoms with E-state index in [1.807, 2.05) is 34.9 Å². The van der Waals surface area contributed by atoms with E-state index in [1.54, 1.807) is 6.07 Å². The predicted octanol–water partition coefficient (Wildman–Crippen LogP) is 5.46. The Kier molecular flexibility index (Phi) is 6.46. The summed E-state index contributed by atoms with van der Waals surface area (Å²) in [7, 11) is 0. The summed E-state index contributed by atoms with van der Waals surface area (Å²) in [5.74, 6) is -0.416. The van der Waals surface area contributed by atoms with Crippen LogP contribution in [0, 0.1) is 23.8 Å². The molecule has 0 saturated carbocycles. The number of benzene rings is 2. The normalized spacial score (nSPS) is 15.1. The molecule has 1 N–H and O–H groups in total. The van der Waals surface area contributed by atoms with Gasteiger partial charge in [0.15, 0.2) is 0 Å². The van der Waals surface area contributed by atoms with Gasteiger partial charge in [0, 0.05) is 25.0 Å². The third-order valence-electron chi connectivity index (χ3n) is 6.92. The van der Waals surface area contributed by atoms with Gasteiger partial charge in [-0.05, 0) is 85.8 Å². The average molecular weight is 460 g/mol. The van der Waals surface area contributed by atoms with Crippen LogP contribution in [0.5, 0.6) is 0 Å². The van der Waals surface area contributed by atoms with Crippen molar-refractivity contribution in [3.05, 3.63) is 106 Å². The SMILES string of the molecule is O=c1[nH]c2c#cccc2n1C1CCN(CCCC(c2ccc(F)cc2)c2ccc(F)cc2)CC1. The number of nitrogens with one attached hydrogen (secondary N) is 1. The minimum Gasteiger partial charge on any atom is -0.303 e. The van der Waals surface area contributed by atoms with Crippen molar-refractivity contribution in [2.45, 2.75) is 37.6 Å². The highest BCUT2D eigenvalue weighted by Crippen LogP contribution is 2.30. The predicted molar refractivity (Wildman–Crippen MR) is 129 cm³/mol. The Balaban J connectivity index is 1.21. The Morgan fingerprint density at radius 1 is 0.941 bits per heavy atom. The average Bonchev–Trinajstić information content (AvgIpc) is 3.19. The Morgan fingerprint density at radius 3 is 2.18 bits per heavy atom. The van der Waals surface area contributed by atoms with E-state index in [0.717, 1.165) is 62.0 Å². The Hall–Kier alpha value is -3.43. The van der Waals surface area contributed by atoms with Gasteiger partial charge in [-0.3, -0.25) is 9.55 Å². The zero-order valence-electron chi connectivity index (χ0n) is 18.9. The molecule has 2 heterocycles. The van der Waals surface area contributed by atoms with Crippen molar-refractivity contribution >= 4 is 11.0 Å². The van der Waals surface area contributed by atoms with Gasteiger partial charge in [0.1, 0.15) is 17.2 Å². The molecule has 0 amide bonds. The van der Waals surface area contributed by atoms with Crippen molar-refractivity contribution in [2.24, 2.45) is 0 Å². The van der Waals surface area contributed by atoms with Crippen molar-refractivity contribution in [1.29, 1.82) is 0 Å². The standard InChI is InChI=1S/C28H27F2N3O/c29-22-11-7-20(8-12-22)25(21-9-13-23(30)14-10-21)4-3-17-32-18-15-24(16-19-32)33-27-6-2-1-5-26(27)31-28(33)34/h2,6-14,24-25H,3-4,15-19H2,(H,31,34). The first-order valence-corrected chi connectivity index (χ1v) is 11.8. The lowest BCUT2D eigenvalue weighted by atomic mass is 9.87. The van der Waals surface area contributed by atoms with Crippen molar-refractivity contribution < 1.29 is 8.78 Å². The summed E-state index contributed by atoms with van der Waals surface area (Å²) in [6.07, 6.45) is 3.71. The third-order valence-corrected chi connectivity index (χ3v) is 6.92. The molecule has 0 spiro atoms. The van der Waals surface area contributed by atoms with Gasteiger partial charge in [-0.1, -0.05) is 30.3 Å². The molecule has 1 aromatic heterocycles. The van der Waals surface area contributed by atoms with Crippen molar-refractivity contribution in [2.75, 3.05) is 19.6 Å². The summed E-state index contributed by atoms with van der Waals surface area (Å²) in [6, 6.07) is 23.0. The van der Waals surface area contributed by atoms with Gasteiger partial charge in [0.2, 0.25) is 0 Å². The van der Waals surface area contributed by atoms with Crippen LogP contribution in [0.15, 0.2) is 65.5 Å². The number of aromatic nitrogens is 2. The number of hydrogen-bond donors (Lipinski definition) is 1. The first-order valence-electron chi connectivity index (χ1n) is 11.8. The Bertz CT molecular complexity index is 1240. The van der Waals surface area contributed by atoms with E-state index in [1.165, 1.54) is 24.3 Å². The number of rotatable bonds is 7. The summed E-state index contributed by atoms with van der Waals surface area (Å²) in [5, 5.41) is 0. The number of H-pyrrole nitrogens is 1. The summed E-state index contributed by atoms with van der Waals surface area (Å²) < 4.78 is 28.8. The molecule has 1 aliphatic rings. The lowest BCUT2D eigenvalue weighted by molar-refractivity contribution is 0.183. The van der Waals surface area contributed by atoms with Crippen LogP contribution in [0.25, 0.3) is 11.0 Å². The van der Waals surface area contributed by atoms with Gasteiger partial charge in [-0.15, -0.1) is 0 Å². The van der Waals surface area contributed by atoms with Crippen LogP contribution >= 0.6 is 0 Å². The molecule has 0 radical (unpaired) electrons. The molecular formula is C28H27F2N3O. The quantitative estimate of drug-likeness (QED) is 0.399. The fourth-order valence-electron chi connectivity index (χ4n) is 5.15. The minimum atomic E-state index is -0.255. The smallest absolute Gasteiger partial charge is 0.303 e. The van der Waals surface area contributed by atoms with Crippen LogP contribution in [-0.2, 0) is 0 Å². The summed E-state index contributed by atoms with van der Waals surface area (Å²) in [6.45, 7) is 2.82. The van der Waals surface area contributed by atoms with Crippen LogP contribution < -0.4 is 5.69 Å². The first kappa shape index (κ1) is 22.4. The van der Waals surface area contributed by atoms with E-state index in [9.17, 15) is 13.6 Å². The lowest BCUT2D eigenvalue weighted by Crippen LogP contribution is -2.37. The fourth-order valence-corrected chi connectivity index (χ4v) is 5.15. The highest BCUT2D eigenvalue weighted by molar-refractivity contribution is 5.73. The number of halogens is 2. The molecule has 5 rings (SSSR count). The van der Waals surface area contributed by atoms with Crippen molar-refractivity contribution in [3.8, 4) is 0 Å². The van der Waals surface area contributed by atoms with Gasteiger partial charge >= 0.3 is 5.69 Å². The van der Waals surface area contributed by atoms with Gasteiger partial charge in [0.25, 0.3) is 0 Å². The topological polar surface area (TPSA) is 41.0 Å². The number of hydrogen-bond acceptors (Lipinski definition) is 2. The van der Waals surface area contributed by atoms with Gasteiger partial charge in [-0.25, -0.2) is 13.6 Å². The lowest BCUT2D eigenvalue weighted by Gasteiger charge is -2.32. The van der Waals surface area contributed by atoms with E-state index >= 15 is 0 Å². The molecule has 0 atom stereocenters. The summed E-state index contributed by atoms with van der Waals surface area (Å²) >= 11 is 0. The summed E-state index contributed by atoms with van der Waals surface area (Å²) in [4.78, 5) is 17.8. The number of fused-ring (bicyclic) bond motifs is 1. The second-order valence-corrected chi connectivity index (χ2v) is 9.03. The number of aromatic amines is 1. The number of imidazole rings is 1. The molecular weight excluding hydrogens is 432 g/mol. The van der Waals surface area contributed by atoms with E-state index < -0.39 is 0 Å². The van der Waals surface area contributed by atoms with Gasteiger partial charge < -0.3 is 4.90 Å². The van der Waals surface area contributed by atoms with E-state index in [2.05, 4.69) is 22.0 Å². The van der Waals surface area contributed by atoms with Gasteiger partial charge in [-0.2, -0.15) is 0 Å². The molecule has 0 bridgehead atoms.